The Morgan fingerprint density at radius 3 is 2.82 bits per heavy atom. The number of amides is 2. The molecule has 1 aliphatic carbocycles. The lowest BCUT2D eigenvalue weighted by Gasteiger charge is -2.18. The number of fused-ring (bicyclic) bond motifs is 1. The van der Waals surface area contributed by atoms with Gasteiger partial charge in [-0.2, -0.15) is 0 Å². The number of hydrogen-bond acceptors (Lipinski definition) is 4. The Morgan fingerprint density at radius 1 is 1.03 bits per heavy atom. The van der Waals surface area contributed by atoms with Gasteiger partial charge in [0.25, 0.3) is 11.8 Å². The normalized spacial score (nSPS) is 16.7. The van der Waals surface area contributed by atoms with Gasteiger partial charge in [0.2, 0.25) is 0 Å². The minimum Gasteiger partial charge on any atom is -0.345 e. The third kappa shape index (κ3) is 3.20. The van der Waals surface area contributed by atoms with Crippen molar-refractivity contribution in [2.45, 2.75) is 18.8 Å². The van der Waals surface area contributed by atoms with E-state index in [1.54, 1.807) is 53.7 Å². The molecule has 0 fully saturated rings. The van der Waals surface area contributed by atoms with Gasteiger partial charge < -0.3 is 15.2 Å². The van der Waals surface area contributed by atoms with Gasteiger partial charge in [-0.15, -0.1) is 0 Å². The summed E-state index contributed by atoms with van der Waals surface area (Å²) >= 11 is 0. The highest BCUT2D eigenvalue weighted by molar-refractivity contribution is 6.11. The van der Waals surface area contributed by atoms with Crippen LogP contribution in [0, 0.1) is 0 Å². The molecule has 162 valence electrons. The number of imidazole rings is 1. The van der Waals surface area contributed by atoms with E-state index in [0.717, 1.165) is 34.3 Å². The molecule has 2 N–H and O–H groups in total. The number of benzene rings is 3. The summed E-state index contributed by atoms with van der Waals surface area (Å²) < 4.78 is 0. The van der Waals surface area contributed by atoms with Crippen LogP contribution in [-0.4, -0.2) is 34.1 Å². The third-order valence-electron chi connectivity index (χ3n) is 6.50. The number of aromatic nitrogens is 2. The van der Waals surface area contributed by atoms with Crippen LogP contribution in [0.15, 0.2) is 67.0 Å². The van der Waals surface area contributed by atoms with Crippen LogP contribution in [-0.2, 0) is 0 Å². The summed E-state index contributed by atoms with van der Waals surface area (Å²) in [6.45, 7) is 0.569. The third-order valence-corrected chi connectivity index (χ3v) is 6.50. The van der Waals surface area contributed by atoms with E-state index in [1.165, 1.54) is 0 Å². The van der Waals surface area contributed by atoms with Crippen LogP contribution in [0.25, 0.3) is 11.0 Å². The lowest BCUT2D eigenvalue weighted by atomic mass is 9.83. The number of ketones is 1. The molecular weight excluding hydrogens is 416 g/mol. The van der Waals surface area contributed by atoms with Crippen molar-refractivity contribution in [3.05, 3.63) is 89.2 Å². The number of H-pyrrole nitrogens is 1. The van der Waals surface area contributed by atoms with E-state index in [1.807, 2.05) is 18.2 Å². The topological polar surface area (TPSA) is 95.2 Å². The summed E-state index contributed by atoms with van der Waals surface area (Å²) in [5.41, 5.74) is 5.66. The Bertz CT molecular complexity index is 1450. The molecule has 0 saturated carbocycles. The number of aromatic amines is 1. The van der Waals surface area contributed by atoms with E-state index in [4.69, 9.17) is 0 Å². The highest BCUT2D eigenvalue weighted by Gasteiger charge is 2.38. The molecule has 0 bridgehead atoms. The fourth-order valence-electron chi connectivity index (χ4n) is 4.90. The molecule has 2 amide bonds. The van der Waals surface area contributed by atoms with Crippen molar-refractivity contribution in [2.75, 3.05) is 16.8 Å². The molecular formula is C26H20N4O3. The van der Waals surface area contributed by atoms with Crippen LogP contribution in [0.4, 0.5) is 11.4 Å². The van der Waals surface area contributed by atoms with Crippen LogP contribution >= 0.6 is 0 Å². The van der Waals surface area contributed by atoms with Crippen molar-refractivity contribution >= 4 is 40.0 Å². The molecule has 1 aliphatic heterocycles. The molecule has 2 heterocycles. The van der Waals surface area contributed by atoms with Gasteiger partial charge in [-0.1, -0.05) is 18.2 Å². The second-order valence-corrected chi connectivity index (χ2v) is 8.48. The molecule has 3 aromatic carbocycles. The van der Waals surface area contributed by atoms with Crippen molar-refractivity contribution in [1.29, 1.82) is 0 Å². The van der Waals surface area contributed by atoms with Gasteiger partial charge in [-0.3, -0.25) is 14.4 Å². The first kappa shape index (κ1) is 19.4. The van der Waals surface area contributed by atoms with Gasteiger partial charge in [-0.25, -0.2) is 4.98 Å². The maximum Gasteiger partial charge on any atom is 0.258 e. The van der Waals surface area contributed by atoms with Gasteiger partial charge in [0, 0.05) is 46.9 Å². The number of Topliss-reactive ketones (excluding diaryl/α,β-unsaturated/α-hetero) is 1. The Kier molecular flexibility index (Phi) is 4.36. The zero-order valence-corrected chi connectivity index (χ0v) is 17.7. The zero-order valence-electron chi connectivity index (χ0n) is 17.7. The standard InChI is InChI=1S/C26H20N4O3/c31-23-10-8-17-13-30(22-6-2-5-19(23)24(17)22)26(33)16-3-1-4-18(11-16)29-25(32)15-7-9-20-21(12-15)28-14-27-20/h1-7,9,11-12,14,17H,8,10,13H2,(H,27,28)(H,29,32). The van der Waals surface area contributed by atoms with E-state index in [0.29, 0.717) is 29.8 Å². The van der Waals surface area contributed by atoms with Crippen LogP contribution in [0.1, 0.15) is 55.4 Å². The SMILES string of the molecule is O=C(Nc1cccc(C(=O)N2CC3CCC(=O)c4cccc2c43)c1)c1ccc2nc[nH]c2c1. The summed E-state index contributed by atoms with van der Waals surface area (Å²) in [4.78, 5) is 47.4. The number of anilines is 2. The molecule has 4 aromatic rings. The first-order chi connectivity index (χ1) is 16.1. The molecule has 33 heavy (non-hydrogen) atoms. The Labute approximate surface area is 189 Å². The number of hydrogen-bond donors (Lipinski definition) is 2. The maximum absolute atomic E-state index is 13.4. The predicted octanol–water partition coefficient (Wildman–Crippen LogP) is 4.54. The van der Waals surface area contributed by atoms with E-state index in [-0.39, 0.29) is 23.5 Å². The van der Waals surface area contributed by atoms with Gasteiger partial charge in [0.15, 0.2) is 5.78 Å². The second kappa shape index (κ2) is 7.41. The fourth-order valence-corrected chi connectivity index (χ4v) is 4.90. The predicted molar refractivity (Wildman–Crippen MR) is 125 cm³/mol. The molecule has 0 spiro atoms. The van der Waals surface area contributed by atoms with Gasteiger partial charge in [0.1, 0.15) is 0 Å². The molecule has 0 radical (unpaired) electrons. The van der Waals surface area contributed by atoms with Gasteiger partial charge >= 0.3 is 0 Å². The van der Waals surface area contributed by atoms with Crippen LogP contribution < -0.4 is 10.2 Å². The van der Waals surface area contributed by atoms with Crippen molar-refractivity contribution in [1.82, 2.24) is 9.97 Å². The fraction of sp³-hybridized carbons (Fsp3) is 0.154. The first-order valence-electron chi connectivity index (χ1n) is 10.9. The minimum atomic E-state index is -0.267. The van der Waals surface area contributed by atoms with Crippen molar-refractivity contribution in [3.63, 3.8) is 0 Å². The molecule has 1 atom stereocenters. The van der Waals surface area contributed by atoms with Crippen molar-refractivity contribution in [3.8, 4) is 0 Å². The Hall–Kier alpha value is -4.26. The Morgan fingerprint density at radius 2 is 1.91 bits per heavy atom. The average molecular weight is 436 g/mol. The largest absolute Gasteiger partial charge is 0.345 e. The number of carbonyl (C=O) groups is 3. The van der Waals surface area contributed by atoms with E-state index >= 15 is 0 Å². The number of nitrogens with zero attached hydrogens (tertiary/aromatic N) is 2. The first-order valence-corrected chi connectivity index (χ1v) is 10.9. The monoisotopic (exact) mass is 436 g/mol. The van der Waals surface area contributed by atoms with Crippen LogP contribution in [0.5, 0.6) is 0 Å². The molecule has 1 unspecified atom stereocenters. The van der Waals surface area contributed by atoms with Gasteiger partial charge in [0.05, 0.1) is 17.4 Å². The maximum atomic E-state index is 13.4. The molecule has 7 heteroatoms. The average Bonchev–Trinajstić information content (AvgIpc) is 3.46. The van der Waals surface area contributed by atoms with Crippen LogP contribution in [0.3, 0.4) is 0 Å². The number of rotatable bonds is 3. The zero-order chi connectivity index (χ0) is 22.5. The summed E-state index contributed by atoms with van der Waals surface area (Å²) in [5.74, 6) is -0.0643. The highest BCUT2D eigenvalue weighted by atomic mass is 16.2. The van der Waals surface area contributed by atoms with Crippen molar-refractivity contribution < 1.29 is 14.4 Å². The van der Waals surface area contributed by atoms with Crippen molar-refractivity contribution in [2.24, 2.45) is 0 Å². The Balaban J connectivity index is 1.26. The molecule has 2 aliphatic rings. The van der Waals surface area contributed by atoms with Gasteiger partial charge in [-0.05, 0) is 54.4 Å². The summed E-state index contributed by atoms with van der Waals surface area (Å²) in [7, 11) is 0. The van der Waals surface area contributed by atoms with E-state index < -0.39 is 0 Å². The lowest BCUT2D eigenvalue weighted by molar-refractivity contribution is 0.0967. The molecule has 0 saturated heterocycles. The lowest BCUT2D eigenvalue weighted by Crippen LogP contribution is -2.30. The van der Waals surface area contributed by atoms with E-state index in [9.17, 15) is 14.4 Å². The van der Waals surface area contributed by atoms with E-state index in [2.05, 4.69) is 15.3 Å². The highest BCUT2D eigenvalue weighted by Crippen LogP contribution is 2.44. The smallest absolute Gasteiger partial charge is 0.258 e. The summed E-state index contributed by atoms with van der Waals surface area (Å²) in [5, 5.41) is 2.88. The quantitative estimate of drug-likeness (QED) is 0.493. The minimum absolute atomic E-state index is 0.139. The van der Waals surface area contributed by atoms with Crippen LogP contribution in [0.2, 0.25) is 0 Å². The number of nitrogens with one attached hydrogen (secondary N) is 2. The molecule has 6 rings (SSSR count). The summed E-state index contributed by atoms with van der Waals surface area (Å²) in [6, 6.07) is 17.8. The number of carbonyl (C=O) groups excluding carboxylic acids is 3. The molecule has 1 aromatic heterocycles. The molecule has 7 nitrogen and oxygen atoms in total. The second-order valence-electron chi connectivity index (χ2n) is 8.48. The summed E-state index contributed by atoms with van der Waals surface area (Å²) in [6.07, 6.45) is 2.88.